The predicted molar refractivity (Wildman–Crippen MR) is 69.1 cm³/mol. The molecule has 0 amide bonds. The fourth-order valence-corrected chi connectivity index (χ4v) is 2.66. The molecule has 6 heteroatoms. The lowest BCUT2D eigenvalue weighted by Crippen LogP contribution is -2.24. The number of benzene rings is 1. The summed E-state index contributed by atoms with van der Waals surface area (Å²) in [5, 5.41) is 9.04. The van der Waals surface area contributed by atoms with Crippen molar-refractivity contribution in [2.75, 3.05) is 6.54 Å². The van der Waals surface area contributed by atoms with E-state index in [-0.39, 0.29) is 11.4 Å². The number of nitriles is 1. The van der Waals surface area contributed by atoms with Gasteiger partial charge in [0.05, 0.1) is 11.0 Å². The van der Waals surface area contributed by atoms with Gasteiger partial charge in [0, 0.05) is 18.3 Å². The van der Waals surface area contributed by atoms with Gasteiger partial charge in [-0.3, -0.25) is 0 Å². The Morgan fingerprint density at radius 3 is 2.47 bits per heavy atom. The lowest BCUT2D eigenvalue weighted by molar-refractivity contribution is 0.579. The summed E-state index contributed by atoms with van der Waals surface area (Å²) in [5.74, 6) is 0. The number of hydrogen-bond acceptors (Lipinski definition) is 3. The Labute approximate surface area is 110 Å². The van der Waals surface area contributed by atoms with Crippen molar-refractivity contribution in [2.45, 2.75) is 23.1 Å². The van der Waals surface area contributed by atoms with Gasteiger partial charge in [0.25, 0.3) is 0 Å². The molecule has 0 unspecified atom stereocenters. The van der Waals surface area contributed by atoms with E-state index in [4.69, 9.17) is 5.26 Å². The van der Waals surface area contributed by atoms with Crippen molar-refractivity contribution in [2.24, 2.45) is 0 Å². The van der Waals surface area contributed by atoms with Gasteiger partial charge in [0.2, 0.25) is 10.0 Å². The Morgan fingerprint density at radius 1 is 1.29 bits per heavy atom. The van der Waals surface area contributed by atoms with Crippen molar-refractivity contribution in [3.8, 4) is 6.07 Å². The third-order valence-electron chi connectivity index (χ3n) is 2.15. The van der Waals surface area contributed by atoms with E-state index in [0.29, 0.717) is 18.2 Å². The van der Waals surface area contributed by atoms with E-state index in [1.165, 1.54) is 0 Å². The lowest BCUT2D eigenvalue weighted by Gasteiger charge is -2.06. The highest BCUT2D eigenvalue weighted by Crippen LogP contribution is 2.12. The van der Waals surface area contributed by atoms with Gasteiger partial charge >= 0.3 is 0 Å². The largest absolute Gasteiger partial charge is 0.240 e. The van der Waals surface area contributed by atoms with Crippen molar-refractivity contribution in [3.05, 3.63) is 29.8 Å². The van der Waals surface area contributed by atoms with Crippen molar-refractivity contribution in [1.82, 2.24) is 4.72 Å². The van der Waals surface area contributed by atoms with Crippen molar-refractivity contribution >= 4 is 26.0 Å². The monoisotopic (exact) mass is 316 g/mol. The molecule has 1 aromatic carbocycles. The number of nitrogens with zero attached hydrogens (tertiary/aromatic N) is 1. The topological polar surface area (TPSA) is 70.0 Å². The van der Waals surface area contributed by atoms with Crippen LogP contribution in [0, 0.1) is 11.3 Å². The minimum atomic E-state index is -3.44. The van der Waals surface area contributed by atoms with Gasteiger partial charge in [0.15, 0.2) is 0 Å². The highest BCUT2D eigenvalue weighted by Gasteiger charge is 2.12. The Morgan fingerprint density at radius 2 is 1.94 bits per heavy atom. The van der Waals surface area contributed by atoms with Gasteiger partial charge in [0.1, 0.15) is 0 Å². The highest BCUT2D eigenvalue weighted by atomic mass is 79.9. The van der Waals surface area contributed by atoms with Crippen LogP contribution in [0.15, 0.2) is 29.2 Å². The minimum absolute atomic E-state index is 0.249. The fraction of sp³-hybridized carbons (Fsp3) is 0.364. The first-order valence-corrected chi connectivity index (χ1v) is 7.72. The summed E-state index contributed by atoms with van der Waals surface area (Å²) in [4.78, 5) is 0.249. The maximum Gasteiger partial charge on any atom is 0.240 e. The van der Waals surface area contributed by atoms with Crippen LogP contribution in [0.4, 0.5) is 0 Å². The zero-order chi connectivity index (χ0) is 12.7. The molecule has 0 heterocycles. The zero-order valence-corrected chi connectivity index (χ0v) is 11.6. The summed E-state index contributed by atoms with van der Waals surface area (Å²) in [6, 6.07) is 8.64. The molecule has 0 fully saturated rings. The summed E-state index contributed by atoms with van der Waals surface area (Å²) in [5.41, 5.74) is 1.02. The average Bonchev–Trinajstić information content (AvgIpc) is 2.35. The molecule has 0 aliphatic carbocycles. The third kappa shape index (κ3) is 4.46. The molecule has 17 heavy (non-hydrogen) atoms. The van der Waals surface area contributed by atoms with Crippen LogP contribution in [0.1, 0.15) is 18.4 Å². The Kier molecular flexibility index (Phi) is 5.62. The quantitative estimate of drug-likeness (QED) is 0.646. The van der Waals surface area contributed by atoms with Crippen LogP contribution >= 0.6 is 15.9 Å². The van der Waals surface area contributed by atoms with Crippen LogP contribution in [0.5, 0.6) is 0 Å². The van der Waals surface area contributed by atoms with E-state index >= 15 is 0 Å². The molecular weight excluding hydrogens is 304 g/mol. The highest BCUT2D eigenvalue weighted by molar-refractivity contribution is 9.08. The number of hydrogen-bond donors (Lipinski definition) is 1. The molecule has 0 saturated heterocycles. The molecule has 4 nitrogen and oxygen atoms in total. The van der Waals surface area contributed by atoms with E-state index in [1.807, 2.05) is 6.07 Å². The molecule has 0 spiro atoms. The normalized spacial score (nSPS) is 11.1. The fourth-order valence-electron chi connectivity index (χ4n) is 1.22. The van der Waals surface area contributed by atoms with Gasteiger partial charge in [-0.1, -0.05) is 28.1 Å². The SMILES string of the molecule is N#CCCCNS(=O)(=O)c1ccc(CBr)cc1. The minimum Gasteiger partial charge on any atom is -0.211 e. The first kappa shape index (κ1) is 14.2. The average molecular weight is 317 g/mol. The first-order chi connectivity index (χ1) is 8.10. The van der Waals surface area contributed by atoms with E-state index in [0.717, 1.165) is 5.56 Å². The molecule has 0 aliphatic heterocycles. The van der Waals surface area contributed by atoms with Crippen LogP contribution < -0.4 is 4.72 Å². The molecule has 0 aromatic heterocycles. The molecule has 0 aliphatic rings. The summed E-state index contributed by atoms with van der Waals surface area (Å²) in [6.45, 7) is 0.288. The second-order valence-electron chi connectivity index (χ2n) is 3.44. The van der Waals surface area contributed by atoms with E-state index < -0.39 is 10.0 Å². The first-order valence-electron chi connectivity index (χ1n) is 5.11. The van der Waals surface area contributed by atoms with Crippen molar-refractivity contribution in [1.29, 1.82) is 5.26 Å². The van der Waals surface area contributed by atoms with E-state index in [1.54, 1.807) is 24.3 Å². The van der Waals surface area contributed by atoms with Gasteiger partial charge in [-0.15, -0.1) is 0 Å². The van der Waals surface area contributed by atoms with Crippen LogP contribution in [-0.4, -0.2) is 15.0 Å². The second kappa shape index (κ2) is 6.74. The molecule has 1 aromatic rings. The second-order valence-corrected chi connectivity index (χ2v) is 5.76. The van der Waals surface area contributed by atoms with Crippen LogP contribution in [0.25, 0.3) is 0 Å². The summed E-state index contributed by atoms with van der Waals surface area (Å²) in [7, 11) is -3.44. The van der Waals surface area contributed by atoms with Crippen molar-refractivity contribution in [3.63, 3.8) is 0 Å². The van der Waals surface area contributed by atoms with Crippen LogP contribution in [0.3, 0.4) is 0 Å². The number of sulfonamides is 1. The molecular formula is C11H13BrN2O2S. The number of alkyl halides is 1. The Hall–Kier alpha value is -0.900. The van der Waals surface area contributed by atoms with Gasteiger partial charge in [-0.05, 0) is 24.1 Å². The summed E-state index contributed by atoms with van der Waals surface area (Å²) < 4.78 is 26.0. The molecule has 1 rings (SSSR count). The molecule has 0 saturated carbocycles. The number of unbranched alkanes of at least 4 members (excludes halogenated alkanes) is 1. The van der Waals surface area contributed by atoms with Gasteiger partial charge in [-0.2, -0.15) is 5.26 Å². The maximum atomic E-state index is 11.8. The molecule has 1 N–H and O–H groups in total. The zero-order valence-electron chi connectivity index (χ0n) is 9.19. The standard InChI is InChI=1S/C11H13BrN2O2S/c12-9-10-3-5-11(6-4-10)17(15,16)14-8-2-1-7-13/h3-6,14H,1-2,8-9H2. The molecule has 0 bridgehead atoms. The number of halogens is 1. The summed E-state index contributed by atoms with van der Waals surface area (Å²) in [6.07, 6.45) is 0.875. The van der Waals surface area contributed by atoms with Crippen molar-refractivity contribution < 1.29 is 8.42 Å². The Balaban J connectivity index is 2.66. The molecule has 0 atom stereocenters. The summed E-state index contributed by atoms with van der Waals surface area (Å²) >= 11 is 3.30. The molecule has 0 radical (unpaired) electrons. The Bertz CT molecular complexity index is 491. The van der Waals surface area contributed by atoms with Gasteiger partial charge in [-0.25, -0.2) is 13.1 Å². The van der Waals surface area contributed by atoms with Crippen LogP contribution in [0.2, 0.25) is 0 Å². The lowest BCUT2D eigenvalue weighted by atomic mass is 10.2. The third-order valence-corrected chi connectivity index (χ3v) is 4.27. The van der Waals surface area contributed by atoms with Gasteiger partial charge < -0.3 is 0 Å². The van der Waals surface area contributed by atoms with E-state index in [9.17, 15) is 8.42 Å². The number of nitrogens with one attached hydrogen (secondary N) is 1. The van der Waals surface area contributed by atoms with Crippen LogP contribution in [-0.2, 0) is 15.4 Å². The molecule has 92 valence electrons. The predicted octanol–water partition coefficient (Wildman–Crippen LogP) is 2.16. The smallest absolute Gasteiger partial charge is 0.211 e. The van der Waals surface area contributed by atoms with E-state index in [2.05, 4.69) is 20.7 Å². The number of rotatable bonds is 6. The maximum absolute atomic E-state index is 11.8.